The first-order chi connectivity index (χ1) is 19.6. The molecule has 3 N–H and O–H groups in total. The largest absolute Gasteiger partial charge is 0.336 e. The summed E-state index contributed by atoms with van der Waals surface area (Å²) in [5.74, 6) is 0.433. The molecule has 0 saturated carbocycles. The van der Waals surface area contributed by atoms with Gasteiger partial charge >= 0.3 is 0 Å². The van der Waals surface area contributed by atoms with Crippen molar-refractivity contribution in [1.82, 2.24) is 30.1 Å². The molecule has 0 saturated heterocycles. The highest BCUT2D eigenvalue weighted by atomic mass is 16.1. The number of carbonyl (C=O) groups excluding carboxylic acids is 1. The minimum absolute atomic E-state index is 0.199. The predicted octanol–water partition coefficient (Wildman–Crippen LogP) is 6.79. The van der Waals surface area contributed by atoms with Crippen molar-refractivity contribution in [2.75, 3.05) is 5.32 Å². The number of hydrogen-bond donors (Lipinski definition) is 3. The number of hydrogen-bond acceptors (Lipinski definition) is 5. The lowest BCUT2D eigenvalue weighted by Gasteiger charge is -2.07. The van der Waals surface area contributed by atoms with Crippen LogP contribution in [0.3, 0.4) is 0 Å². The van der Waals surface area contributed by atoms with Gasteiger partial charge in [-0.3, -0.25) is 14.9 Å². The first-order valence-electron chi connectivity index (χ1n) is 12.9. The summed E-state index contributed by atoms with van der Waals surface area (Å²) in [6.07, 6.45) is 3.34. The van der Waals surface area contributed by atoms with E-state index in [2.05, 4.69) is 62.7 Å². The number of nitrogens with one attached hydrogen (secondary N) is 3. The fraction of sp³-hybridized carbons (Fsp3) is 0.0312. The average molecular weight is 522 g/mol. The molecule has 0 atom stereocenters. The van der Waals surface area contributed by atoms with Gasteiger partial charge in [-0.25, -0.2) is 9.97 Å². The molecule has 3 aromatic carbocycles. The van der Waals surface area contributed by atoms with Crippen molar-refractivity contribution in [3.05, 3.63) is 115 Å². The molecule has 0 radical (unpaired) electrons. The number of carbonyl (C=O) groups is 1. The van der Waals surface area contributed by atoms with Gasteiger partial charge in [0.05, 0.1) is 34.1 Å². The average Bonchev–Trinajstić information content (AvgIpc) is 3.61. The van der Waals surface area contributed by atoms with Gasteiger partial charge < -0.3 is 10.3 Å². The lowest BCUT2D eigenvalue weighted by Crippen LogP contribution is -2.11. The van der Waals surface area contributed by atoms with Crippen LogP contribution in [0.4, 0.5) is 5.69 Å². The molecule has 192 valence electrons. The second kappa shape index (κ2) is 9.59. The molecule has 8 heteroatoms. The third-order valence-electron chi connectivity index (χ3n) is 6.80. The summed E-state index contributed by atoms with van der Waals surface area (Å²) >= 11 is 0. The van der Waals surface area contributed by atoms with Gasteiger partial charge in [-0.15, -0.1) is 0 Å². The van der Waals surface area contributed by atoms with Gasteiger partial charge in [-0.05, 0) is 48.9 Å². The second-order valence-corrected chi connectivity index (χ2v) is 9.60. The quantitative estimate of drug-likeness (QED) is 0.231. The van der Waals surface area contributed by atoms with Crippen molar-refractivity contribution in [3.63, 3.8) is 0 Å². The van der Waals surface area contributed by atoms with Crippen LogP contribution in [-0.4, -0.2) is 36.0 Å². The molecular weight excluding hydrogens is 498 g/mol. The van der Waals surface area contributed by atoms with Gasteiger partial charge in [-0.2, -0.15) is 5.10 Å². The van der Waals surface area contributed by atoms with Crippen LogP contribution in [0.2, 0.25) is 0 Å². The third kappa shape index (κ3) is 4.27. The van der Waals surface area contributed by atoms with E-state index in [1.54, 1.807) is 24.5 Å². The summed E-state index contributed by atoms with van der Waals surface area (Å²) in [5.41, 5.74) is 9.90. The number of aryl methyl sites for hydroxylation is 1. The van der Waals surface area contributed by atoms with Crippen LogP contribution in [0.15, 0.2) is 103 Å². The Hall–Kier alpha value is -5.63. The lowest BCUT2D eigenvalue weighted by molar-refractivity contribution is 0.102. The molecule has 7 rings (SSSR count). The molecule has 0 aliphatic carbocycles. The number of aromatic nitrogens is 6. The van der Waals surface area contributed by atoms with Crippen molar-refractivity contribution >= 4 is 33.7 Å². The minimum atomic E-state index is -0.199. The zero-order chi connectivity index (χ0) is 27.1. The number of benzene rings is 3. The molecule has 0 fully saturated rings. The predicted molar refractivity (Wildman–Crippen MR) is 157 cm³/mol. The maximum absolute atomic E-state index is 12.6. The number of imidazole rings is 1. The highest BCUT2D eigenvalue weighted by molar-refractivity contribution is 6.04. The molecule has 0 aliphatic rings. The SMILES string of the molecule is Cc1cccc(-c2cccc3[nH]c(-c4n[nH]c5ccc(-c6cncc(NC(=O)c7ccccc7)c6)nc45)nc23)c1. The molecule has 40 heavy (non-hydrogen) atoms. The van der Waals surface area contributed by atoms with Gasteiger partial charge in [-0.1, -0.05) is 60.2 Å². The molecule has 1 amide bonds. The van der Waals surface area contributed by atoms with E-state index in [0.29, 0.717) is 34.0 Å². The Balaban J connectivity index is 1.25. The number of nitrogens with zero attached hydrogens (tertiary/aromatic N) is 4. The van der Waals surface area contributed by atoms with E-state index in [9.17, 15) is 4.79 Å². The van der Waals surface area contributed by atoms with Crippen molar-refractivity contribution in [2.24, 2.45) is 0 Å². The van der Waals surface area contributed by atoms with Gasteiger partial charge in [0, 0.05) is 22.9 Å². The Bertz CT molecular complexity index is 2020. The zero-order valence-electron chi connectivity index (χ0n) is 21.5. The van der Waals surface area contributed by atoms with E-state index in [0.717, 1.165) is 33.2 Å². The summed E-state index contributed by atoms with van der Waals surface area (Å²) in [7, 11) is 0. The van der Waals surface area contributed by atoms with E-state index < -0.39 is 0 Å². The molecule has 4 heterocycles. The van der Waals surface area contributed by atoms with E-state index >= 15 is 0 Å². The Morgan fingerprint density at radius 2 is 1.65 bits per heavy atom. The van der Waals surface area contributed by atoms with Crippen LogP contribution in [0.1, 0.15) is 15.9 Å². The van der Waals surface area contributed by atoms with Crippen LogP contribution in [0.25, 0.3) is 56.0 Å². The highest BCUT2D eigenvalue weighted by Gasteiger charge is 2.17. The number of aromatic amines is 2. The molecule has 7 aromatic rings. The van der Waals surface area contributed by atoms with E-state index in [1.807, 2.05) is 48.5 Å². The van der Waals surface area contributed by atoms with E-state index in [-0.39, 0.29) is 5.91 Å². The first kappa shape index (κ1) is 23.5. The Morgan fingerprint density at radius 3 is 2.52 bits per heavy atom. The van der Waals surface area contributed by atoms with Gasteiger partial charge in [0.25, 0.3) is 5.91 Å². The number of amides is 1. The third-order valence-corrected chi connectivity index (χ3v) is 6.80. The van der Waals surface area contributed by atoms with Gasteiger partial charge in [0.15, 0.2) is 11.5 Å². The van der Waals surface area contributed by atoms with Crippen molar-refractivity contribution in [1.29, 1.82) is 0 Å². The summed E-state index contributed by atoms with van der Waals surface area (Å²) in [4.78, 5) is 30.3. The number of H-pyrrole nitrogens is 2. The number of rotatable bonds is 5. The molecule has 0 aliphatic heterocycles. The fourth-order valence-corrected chi connectivity index (χ4v) is 4.86. The maximum Gasteiger partial charge on any atom is 0.255 e. The Morgan fingerprint density at radius 1 is 0.775 bits per heavy atom. The Labute approximate surface area is 229 Å². The molecule has 0 unspecified atom stereocenters. The number of anilines is 1. The van der Waals surface area contributed by atoms with Crippen LogP contribution >= 0.6 is 0 Å². The monoisotopic (exact) mass is 521 g/mol. The van der Waals surface area contributed by atoms with Crippen molar-refractivity contribution < 1.29 is 4.79 Å². The summed E-state index contributed by atoms with van der Waals surface area (Å²) in [5, 5.41) is 10.5. The smallest absolute Gasteiger partial charge is 0.255 e. The zero-order valence-corrected chi connectivity index (χ0v) is 21.5. The Kier molecular flexibility index (Phi) is 5.63. The van der Waals surface area contributed by atoms with Gasteiger partial charge in [0.2, 0.25) is 0 Å². The summed E-state index contributed by atoms with van der Waals surface area (Å²) in [6, 6.07) is 29.3. The molecule has 4 aromatic heterocycles. The highest BCUT2D eigenvalue weighted by Crippen LogP contribution is 2.32. The minimum Gasteiger partial charge on any atom is -0.336 e. The van der Waals surface area contributed by atoms with Crippen molar-refractivity contribution in [3.8, 4) is 33.9 Å². The standard InChI is InChI=1S/C32H23N7O/c1-19-7-5-10-21(15-19)24-11-6-12-26-28(24)37-31(36-26)30-29-27(38-39-30)14-13-25(35-29)22-16-23(18-33-17-22)34-32(40)20-8-3-2-4-9-20/h2-18H,1H3,(H,34,40)(H,36,37)(H,38,39). The normalized spacial score (nSPS) is 11.2. The number of para-hydroxylation sites is 1. The second-order valence-electron chi connectivity index (χ2n) is 9.60. The maximum atomic E-state index is 12.6. The molecule has 0 bridgehead atoms. The van der Waals surface area contributed by atoms with Crippen LogP contribution in [0, 0.1) is 6.92 Å². The molecular formula is C32H23N7O. The summed E-state index contributed by atoms with van der Waals surface area (Å²) in [6.45, 7) is 2.08. The summed E-state index contributed by atoms with van der Waals surface area (Å²) < 4.78 is 0. The lowest BCUT2D eigenvalue weighted by atomic mass is 10.0. The van der Waals surface area contributed by atoms with E-state index in [4.69, 9.17) is 9.97 Å². The fourth-order valence-electron chi connectivity index (χ4n) is 4.86. The molecule has 8 nitrogen and oxygen atoms in total. The van der Waals surface area contributed by atoms with Crippen LogP contribution < -0.4 is 5.32 Å². The number of fused-ring (bicyclic) bond motifs is 2. The van der Waals surface area contributed by atoms with Gasteiger partial charge in [0.1, 0.15) is 5.52 Å². The van der Waals surface area contributed by atoms with Crippen LogP contribution in [0.5, 0.6) is 0 Å². The number of pyridine rings is 2. The topological polar surface area (TPSA) is 112 Å². The van der Waals surface area contributed by atoms with Crippen LogP contribution in [-0.2, 0) is 0 Å². The van der Waals surface area contributed by atoms with E-state index in [1.165, 1.54) is 5.56 Å². The molecule has 0 spiro atoms. The first-order valence-corrected chi connectivity index (χ1v) is 12.9. The van der Waals surface area contributed by atoms with Crippen molar-refractivity contribution in [2.45, 2.75) is 6.92 Å².